The van der Waals surface area contributed by atoms with E-state index in [1.54, 1.807) is 12.4 Å². The van der Waals surface area contributed by atoms with Crippen molar-refractivity contribution in [1.29, 1.82) is 5.26 Å². The summed E-state index contributed by atoms with van der Waals surface area (Å²) in [5, 5.41) is 9.53. The number of nitrogens with zero attached hydrogens (tertiary/aromatic N) is 4. The Morgan fingerprint density at radius 2 is 2.08 bits per heavy atom. The van der Waals surface area contributed by atoms with Crippen molar-refractivity contribution in [1.82, 2.24) is 14.8 Å². The van der Waals surface area contributed by atoms with Crippen LogP contribution in [0.3, 0.4) is 0 Å². The molecule has 1 aromatic heterocycles. The molecule has 128 valence electrons. The fourth-order valence-corrected chi connectivity index (χ4v) is 3.15. The molecule has 1 aliphatic rings. The third-order valence-corrected chi connectivity index (χ3v) is 4.70. The minimum atomic E-state index is -0.267. The topological polar surface area (TPSA) is 60.2 Å². The van der Waals surface area contributed by atoms with Crippen LogP contribution in [0.5, 0.6) is 0 Å². The zero-order valence-electron chi connectivity index (χ0n) is 14.4. The van der Waals surface area contributed by atoms with Crippen LogP contribution in [0.15, 0.2) is 48.8 Å². The maximum absolute atomic E-state index is 12.6. The van der Waals surface area contributed by atoms with Gasteiger partial charge in [0.15, 0.2) is 0 Å². The zero-order valence-corrected chi connectivity index (χ0v) is 14.4. The highest BCUT2D eigenvalue weighted by molar-refractivity contribution is 5.79. The van der Waals surface area contributed by atoms with Crippen molar-refractivity contribution in [2.24, 2.45) is 0 Å². The van der Waals surface area contributed by atoms with E-state index >= 15 is 0 Å². The highest BCUT2D eigenvalue weighted by atomic mass is 16.2. The van der Waals surface area contributed by atoms with E-state index in [1.165, 1.54) is 5.56 Å². The van der Waals surface area contributed by atoms with Gasteiger partial charge in [-0.3, -0.25) is 14.7 Å². The van der Waals surface area contributed by atoms with Crippen LogP contribution in [0.1, 0.15) is 16.7 Å². The summed E-state index contributed by atoms with van der Waals surface area (Å²) >= 11 is 0. The molecule has 2 heterocycles. The smallest absolute Gasteiger partial charge is 0.227 e. The molecule has 5 heteroatoms. The van der Waals surface area contributed by atoms with Crippen LogP contribution < -0.4 is 0 Å². The predicted molar refractivity (Wildman–Crippen MR) is 95.5 cm³/mol. The second-order valence-electron chi connectivity index (χ2n) is 6.42. The number of aryl methyl sites for hydroxylation is 1. The fourth-order valence-electron chi connectivity index (χ4n) is 3.15. The number of pyridine rings is 1. The van der Waals surface area contributed by atoms with Gasteiger partial charge in [0.2, 0.25) is 5.91 Å². The number of hydrogen-bond donors (Lipinski definition) is 0. The van der Waals surface area contributed by atoms with E-state index in [9.17, 15) is 10.1 Å². The first-order valence-electron chi connectivity index (χ1n) is 8.52. The molecule has 1 atom stereocenters. The molecule has 1 aromatic carbocycles. The lowest BCUT2D eigenvalue weighted by Gasteiger charge is -2.38. The van der Waals surface area contributed by atoms with Crippen LogP contribution in [-0.2, 0) is 17.8 Å². The lowest BCUT2D eigenvalue weighted by molar-refractivity contribution is -0.133. The van der Waals surface area contributed by atoms with Crippen LogP contribution >= 0.6 is 0 Å². The van der Waals surface area contributed by atoms with Crippen LogP contribution in [-0.4, -0.2) is 46.4 Å². The van der Waals surface area contributed by atoms with Crippen molar-refractivity contribution in [3.8, 4) is 6.07 Å². The third kappa shape index (κ3) is 4.23. The van der Waals surface area contributed by atoms with E-state index in [1.807, 2.05) is 36.1 Å². The van der Waals surface area contributed by atoms with E-state index in [-0.39, 0.29) is 11.9 Å². The molecule has 1 aliphatic heterocycles. The monoisotopic (exact) mass is 334 g/mol. The number of hydrogen-bond acceptors (Lipinski definition) is 4. The van der Waals surface area contributed by atoms with Gasteiger partial charge in [0, 0.05) is 38.6 Å². The van der Waals surface area contributed by atoms with E-state index in [0.717, 1.165) is 17.7 Å². The molecule has 0 radical (unpaired) electrons. The lowest BCUT2D eigenvalue weighted by Crippen LogP contribution is -2.54. The Morgan fingerprint density at radius 3 is 2.80 bits per heavy atom. The predicted octanol–water partition coefficient (Wildman–Crippen LogP) is 2.17. The molecule has 1 amide bonds. The van der Waals surface area contributed by atoms with Gasteiger partial charge in [0.25, 0.3) is 0 Å². The van der Waals surface area contributed by atoms with Crippen LogP contribution in [0, 0.1) is 18.3 Å². The van der Waals surface area contributed by atoms with E-state index in [0.29, 0.717) is 26.1 Å². The maximum atomic E-state index is 12.6. The van der Waals surface area contributed by atoms with E-state index in [4.69, 9.17) is 0 Å². The Hall–Kier alpha value is -2.71. The first-order valence-corrected chi connectivity index (χ1v) is 8.52. The molecule has 0 spiro atoms. The van der Waals surface area contributed by atoms with Gasteiger partial charge in [-0.05, 0) is 29.7 Å². The van der Waals surface area contributed by atoms with Crippen molar-refractivity contribution in [3.63, 3.8) is 0 Å². The van der Waals surface area contributed by atoms with Crippen molar-refractivity contribution in [2.75, 3.05) is 19.6 Å². The average molecular weight is 334 g/mol. The van der Waals surface area contributed by atoms with Gasteiger partial charge in [-0.1, -0.05) is 30.3 Å². The summed E-state index contributed by atoms with van der Waals surface area (Å²) in [7, 11) is 0. The van der Waals surface area contributed by atoms with Gasteiger partial charge in [-0.2, -0.15) is 5.26 Å². The SMILES string of the molecule is Cc1cnccc1CC(=O)N1CCN(Cc2ccccc2)C(C#N)C1. The number of carbonyl (C=O) groups is 1. The average Bonchev–Trinajstić information content (AvgIpc) is 2.64. The minimum absolute atomic E-state index is 0.0777. The van der Waals surface area contributed by atoms with E-state index < -0.39 is 0 Å². The molecule has 0 aliphatic carbocycles. The quantitative estimate of drug-likeness (QED) is 0.860. The summed E-state index contributed by atoms with van der Waals surface area (Å²) in [4.78, 5) is 20.7. The number of aromatic nitrogens is 1. The van der Waals surface area contributed by atoms with Gasteiger partial charge in [0.1, 0.15) is 6.04 Å². The highest BCUT2D eigenvalue weighted by Gasteiger charge is 2.29. The molecule has 3 rings (SSSR count). The summed E-state index contributed by atoms with van der Waals surface area (Å²) < 4.78 is 0. The Bertz CT molecular complexity index is 769. The molecule has 0 N–H and O–H groups in total. The van der Waals surface area contributed by atoms with Crippen molar-refractivity contribution in [2.45, 2.75) is 25.9 Å². The van der Waals surface area contributed by atoms with Crippen molar-refractivity contribution in [3.05, 3.63) is 65.5 Å². The molecule has 2 aromatic rings. The maximum Gasteiger partial charge on any atom is 0.227 e. The number of benzene rings is 1. The lowest BCUT2D eigenvalue weighted by atomic mass is 10.1. The largest absolute Gasteiger partial charge is 0.338 e. The summed E-state index contributed by atoms with van der Waals surface area (Å²) in [6.07, 6.45) is 3.86. The van der Waals surface area contributed by atoms with Gasteiger partial charge < -0.3 is 4.90 Å². The minimum Gasteiger partial charge on any atom is -0.338 e. The molecule has 1 fully saturated rings. The van der Waals surface area contributed by atoms with Crippen LogP contribution in [0.2, 0.25) is 0 Å². The van der Waals surface area contributed by atoms with Crippen molar-refractivity contribution < 1.29 is 4.79 Å². The molecular formula is C20H22N4O. The highest BCUT2D eigenvalue weighted by Crippen LogP contribution is 2.16. The van der Waals surface area contributed by atoms with Crippen LogP contribution in [0.4, 0.5) is 0 Å². The van der Waals surface area contributed by atoms with E-state index in [2.05, 4.69) is 28.1 Å². The molecular weight excluding hydrogens is 312 g/mol. The molecule has 0 bridgehead atoms. The van der Waals surface area contributed by atoms with Gasteiger partial charge >= 0.3 is 0 Å². The zero-order chi connectivity index (χ0) is 17.6. The first-order chi connectivity index (χ1) is 12.2. The molecule has 5 nitrogen and oxygen atoms in total. The first kappa shape index (κ1) is 17.1. The Morgan fingerprint density at radius 1 is 1.28 bits per heavy atom. The van der Waals surface area contributed by atoms with Crippen LogP contribution in [0.25, 0.3) is 0 Å². The number of piperazine rings is 1. The number of amides is 1. The standard InChI is InChI=1S/C20H22N4O/c1-16-13-22-8-7-18(16)11-20(25)24-10-9-23(19(12-21)15-24)14-17-5-3-2-4-6-17/h2-8,13,19H,9-11,14-15H2,1H3. The summed E-state index contributed by atoms with van der Waals surface area (Å²) in [6, 6.07) is 14.1. The van der Waals surface area contributed by atoms with Gasteiger partial charge in [-0.25, -0.2) is 0 Å². The number of rotatable bonds is 4. The number of nitriles is 1. The molecule has 0 saturated carbocycles. The van der Waals surface area contributed by atoms with Gasteiger partial charge in [0.05, 0.1) is 12.5 Å². The Labute approximate surface area is 148 Å². The Kier molecular flexibility index (Phi) is 5.42. The molecule has 1 saturated heterocycles. The second-order valence-corrected chi connectivity index (χ2v) is 6.42. The summed E-state index contributed by atoms with van der Waals surface area (Å²) in [6.45, 7) is 4.55. The Balaban J connectivity index is 1.62. The normalized spacial score (nSPS) is 17.9. The molecule has 25 heavy (non-hydrogen) atoms. The van der Waals surface area contributed by atoms with Crippen molar-refractivity contribution >= 4 is 5.91 Å². The second kappa shape index (κ2) is 7.91. The summed E-state index contributed by atoms with van der Waals surface area (Å²) in [5.41, 5.74) is 3.21. The number of carbonyl (C=O) groups excluding carboxylic acids is 1. The van der Waals surface area contributed by atoms with Gasteiger partial charge in [-0.15, -0.1) is 0 Å². The third-order valence-electron chi connectivity index (χ3n) is 4.70. The fraction of sp³-hybridized carbons (Fsp3) is 0.350. The summed E-state index contributed by atoms with van der Waals surface area (Å²) in [5.74, 6) is 0.0777. The molecule has 1 unspecified atom stereocenters.